The van der Waals surface area contributed by atoms with Crippen molar-refractivity contribution >= 4 is 10.8 Å². The van der Waals surface area contributed by atoms with Gasteiger partial charge in [0.25, 0.3) is 0 Å². The Bertz CT molecular complexity index is 448. The lowest BCUT2D eigenvalue weighted by Gasteiger charge is -2.09. The molecule has 0 bridgehead atoms. The van der Waals surface area contributed by atoms with Crippen LogP contribution < -0.4 is 15.2 Å². The maximum Gasteiger partial charge on any atom is 0.162 e. The van der Waals surface area contributed by atoms with Gasteiger partial charge in [0.2, 0.25) is 0 Å². The fraction of sp³-hybridized carbons (Fsp3) is 0.571. The van der Waals surface area contributed by atoms with E-state index < -0.39 is 10.8 Å². The highest BCUT2D eigenvalue weighted by Gasteiger charge is 2.13. The second kappa shape index (κ2) is 6.91. The lowest BCUT2D eigenvalue weighted by molar-refractivity contribution is 0.297. The summed E-state index contributed by atoms with van der Waals surface area (Å²) < 4.78 is 23.3. The molecule has 4 nitrogen and oxygen atoms in total. The third-order valence-electron chi connectivity index (χ3n) is 2.97. The van der Waals surface area contributed by atoms with Gasteiger partial charge < -0.3 is 15.2 Å². The summed E-state index contributed by atoms with van der Waals surface area (Å²) in [5.74, 6) is 2.09. The van der Waals surface area contributed by atoms with Gasteiger partial charge in [0.05, 0.1) is 24.0 Å². The van der Waals surface area contributed by atoms with Crippen LogP contribution in [0.25, 0.3) is 0 Å². The summed E-state index contributed by atoms with van der Waals surface area (Å²) in [6, 6.07) is 5.71. The van der Waals surface area contributed by atoms with E-state index in [2.05, 4.69) is 0 Å². The van der Waals surface area contributed by atoms with Crippen molar-refractivity contribution in [2.75, 3.05) is 19.0 Å². The van der Waals surface area contributed by atoms with E-state index in [9.17, 15) is 4.21 Å². The Labute approximate surface area is 116 Å². The monoisotopic (exact) mass is 283 g/mol. The number of benzene rings is 1. The zero-order chi connectivity index (χ0) is 13.7. The largest absolute Gasteiger partial charge is 0.490 e. The number of rotatable bonds is 5. The first-order valence-electron chi connectivity index (χ1n) is 6.70. The molecule has 19 heavy (non-hydrogen) atoms. The summed E-state index contributed by atoms with van der Waals surface area (Å²) in [6.07, 6.45) is 2.65. The molecule has 2 rings (SSSR count). The molecule has 0 aliphatic carbocycles. The number of ether oxygens (including phenoxy) is 2. The van der Waals surface area contributed by atoms with Gasteiger partial charge in [-0.3, -0.25) is 4.21 Å². The highest BCUT2D eigenvalue weighted by molar-refractivity contribution is 7.85. The smallest absolute Gasteiger partial charge is 0.162 e. The van der Waals surface area contributed by atoms with E-state index in [1.807, 2.05) is 25.1 Å². The van der Waals surface area contributed by atoms with Gasteiger partial charge in [-0.2, -0.15) is 0 Å². The Kier molecular flexibility index (Phi) is 5.22. The maximum absolute atomic E-state index is 12.2. The van der Waals surface area contributed by atoms with Crippen molar-refractivity contribution in [3.63, 3.8) is 0 Å². The molecule has 0 amide bonds. The third kappa shape index (κ3) is 4.21. The highest BCUT2D eigenvalue weighted by Crippen LogP contribution is 2.31. The van der Waals surface area contributed by atoms with Gasteiger partial charge in [0.1, 0.15) is 0 Å². The van der Waals surface area contributed by atoms with E-state index in [1.165, 1.54) is 0 Å². The lowest BCUT2D eigenvalue weighted by atomic mass is 10.2. The van der Waals surface area contributed by atoms with Crippen molar-refractivity contribution in [3.8, 4) is 11.5 Å². The van der Waals surface area contributed by atoms with Crippen molar-refractivity contribution in [2.45, 2.75) is 37.1 Å². The highest BCUT2D eigenvalue weighted by atomic mass is 32.2. The number of hydrogen-bond donors (Lipinski definition) is 1. The molecule has 1 heterocycles. The van der Waals surface area contributed by atoms with Crippen LogP contribution >= 0.6 is 0 Å². The van der Waals surface area contributed by atoms with Crippen LogP contribution in [0, 0.1) is 0 Å². The second-order valence-electron chi connectivity index (χ2n) is 4.83. The number of hydrogen-bond acceptors (Lipinski definition) is 4. The van der Waals surface area contributed by atoms with Crippen LogP contribution in [0.2, 0.25) is 0 Å². The first kappa shape index (κ1) is 14.3. The van der Waals surface area contributed by atoms with E-state index in [0.717, 1.165) is 29.9 Å². The van der Waals surface area contributed by atoms with Crippen LogP contribution in [0.4, 0.5) is 0 Å². The van der Waals surface area contributed by atoms with Crippen LogP contribution in [0.1, 0.15) is 26.2 Å². The van der Waals surface area contributed by atoms with Crippen LogP contribution in [-0.4, -0.2) is 29.2 Å². The molecule has 1 aliphatic heterocycles. The molecular formula is C14H21NO3S. The lowest BCUT2D eigenvalue weighted by Crippen LogP contribution is -2.15. The van der Waals surface area contributed by atoms with Gasteiger partial charge in [0.15, 0.2) is 11.5 Å². The molecule has 1 aliphatic rings. The molecule has 0 fully saturated rings. The van der Waals surface area contributed by atoms with E-state index in [0.29, 0.717) is 24.7 Å². The van der Waals surface area contributed by atoms with E-state index >= 15 is 0 Å². The quantitative estimate of drug-likeness (QED) is 0.898. The molecule has 1 aromatic carbocycles. The molecule has 0 spiro atoms. The summed E-state index contributed by atoms with van der Waals surface area (Å²) in [7, 11) is -0.995. The van der Waals surface area contributed by atoms with Gasteiger partial charge in [-0.05, 0) is 31.9 Å². The summed E-state index contributed by atoms with van der Waals surface area (Å²) in [6.45, 7) is 3.29. The van der Waals surface area contributed by atoms with E-state index in [1.54, 1.807) is 0 Å². The van der Waals surface area contributed by atoms with E-state index in [4.69, 9.17) is 15.2 Å². The average molecular weight is 283 g/mol. The van der Waals surface area contributed by atoms with Crippen LogP contribution in [-0.2, 0) is 10.8 Å². The van der Waals surface area contributed by atoms with Gasteiger partial charge in [0, 0.05) is 29.2 Å². The van der Waals surface area contributed by atoms with Crippen molar-refractivity contribution < 1.29 is 13.7 Å². The maximum atomic E-state index is 12.2. The molecule has 5 heteroatoms. The topological polar surface area (TPSA) is 61.6 Å². The molecule has 1 aromatic rings. The molecule has 106 valence electrons. The minimum atomic E-state index is -0.995. The number of fused-ring (bicyclic) bond motifs is 1. The normalized spacial score (nSPS) is 17.6. The third-order valence-corrected chi connectivity index (χ3v) is 4.41. The molecule has 0 saturated carbocycles. The van der Waals surface area contributed by atoms with Gasteiger partial charge in [-0.15, -0.1) is 0 Å². The molecule has 2 atom stereocenters. The molecule has 0 saturated heterocycles. The molecule has 2 N–H and O–H groups in total. The Morgan fingerprint density at radius 2 is 2.05 bits per heavy atom. The zero-order valence-corrected chi connectivity index (χ0v) is 12.1. The Balaban J connectivity index is 2.00. The minimum Gasteiger partial charge on any atom is -0.490 e. The van der Waals surface area contributed by atoms with Gasteiger partial charge in [-0.1, -0.05) is 0 Å². The average Bonchev–Trinajstić information content (AvgIpc) is 2.62. The molecular weight excluding hydrogens is 262 g/mol. The molecule has 0 aromatic heterocycles. The first-order chi connectivity index (χ1) is 9.16. The summed E-state index contributed by atoms with van der Waals surface area (Å²) in [4.78, 5) is 0.800. The molecule has 0 radical (unpaired) electrons. The minimum absolute atomic E-state index is 0.167. The molecule has 2 unspecified atom stereocenters. The summed E-state index contributed by atoms with van der Waals surface area (Å²) >= 11 is 0. The van der Waals surface area contributed by atoms with E-state index in [-0.39, 0.29) is 6.04 Å². The Morgan fingerprint density at radius 1 is 1.32 bits per heavy atom. The standard InChI is InChI=1S/C14H21NO3S/c1-11(15)4-2-9-19(16)12-5-6-13-14(10-12)18-8-3-7-17-13/h5-6,10-11H,2-4,7-9,15H2,1H3. The van der Waals surface area contributed by atoms with Crippen molar-refractivity contribution in [1.29, 1.82) is 0 Å². The fourth-order valence-corrected chi connectivity index (χ4v) is 3.06. The van der Waals surface area contributed by atoms with Gasteiger partial charge >= 0.3 is 0 Å². The predicted octanol–water partition coefficient (Wildman–Crippen LogP) is 2.08. The SMILES string of the molecule is CC(N)CCCS(=O)c1ccc2c(c1)OCCCO2. The van der Waals surface area contributed by atoms with Crippen molar-refractivity contribution in [2.24, 2.45) is 5.73 Å². The van der Waals surface area contributed by atoms with Crippen molar-refractivity contribution in [1.82, 2.24) is 0 Å². The van der Waals surface area contributed by atoms with Gasteiger partial charge in [-0.25, -0.2) is 0 Å². The number of nitrogens with two attached hydrogens (primary N) is 1. The fourth-order valence-electron chi connectivity index (χ4n) is 1.94. The summed E-state index contributed by atoms with van der Waals surface area (Å²) in [5, 5.41) is 0. The van der Waals surface area contributed by atoms with Crippen LogP contribution in [0.15, 0.2) is 23.1 Å². The predicted molar refractivity (Wildman–Crippen MR) is 76.2 cm³/mol. The Hall–Kier alpha value is -1.07. The first-order valence-corrected chi connectivity index (χ1v) is 8.02. The zero-order valence-electron chi connectivity index (χ0n) is 11.3. The van der Waals surface area contributed by atoms with Crippen LogP contribution in [0.5, 0.6) is 11.5 Å². The second-order valence-corrected chi connectivity index (χ2v) is 6.40. The summed E-state index contributed by atoms with van der Waals surface area (Å²) in [5.41, 5.74) is 5.69. The Morgan fingerprint density at radius 3 is 2.79 bits per heavy atom. The van der Waals surface area contributed by atoms with Crippen LogP contribution in [0.3, 0.4) is 0 Å². The van der Waals surface area contributed by atoms with Crippen molar-refractivity contribution in [3.05, 3.63) is 18.2 Å².